The SMILES string of the molecule is CC(=O)Nc1ccc(NC(=O)N2CCCC[C@@H]2c2ccc(C(F)(F)F)cc2)cc1. The summed E-state index contributed by atoms with van der Waals surface area (Å²) in [4.78, 5) is 25.5. The number of nitrogens with zero attached hydrogens (tertiary/aromatic N) is 1. The summed E-state index contributed by atoms with van der Waals surface area (Å²) < 4.78 is 38.4. The number of carbonyl (C=O) groups is 2. The number of nitrogens with one attached hydrogen (secondary N) is 2. The van der Waals surface area contributed by atoms with Crippen LogP contribution in [-0.2, 0) is 11.0 Å². The van der Waals surface area contributed by atoms with Gasteiger partial charge in [-0.3, -0.25) is 4.79 Å². The molecule has 1 aliphatic rings. The first kappa shape index (κ1) is 20.7. The van der Waals surface area contributed by atoms with Gasteiger partial charge < -0.3 is 15.5 Å². The largest absolute Gasteiger partial charge is 0.416 e. The molecule has 2 N–H and O–H groups in total. The van der Waals surface area contributed by atoms with E-state index in [0.717, 1.165) is 25.0 Å². The molecule has 1 aliphatic heterocycles. The number of hydrogen-bond acceptors (Lipinski definition) is 2. The number of urea groups is 1. The molecule has 1 saturated heterocycles. The molecule has 29 heavy (non-hydrogen) atoms. The van der Waals surface area contributed by atoms with Crippen molar-refractivity contribution >= 4 is 23.3 Å². The molecule has 3 rings (SSSR count). The normalized spacial score (nSPS) is 17.0. The lowest BCUT2D eigenvalue weighted by molar-refractivity contribution is -0.137. The number of benzene rings is 2. The zero-order valence-electron chi connectivity index (χ0n) is 15.9. The number of anilines is 2. The van der Waals surface area contributed by atoms with E-state index in [1.165, 1.54) is 19.1 Å². The van der Waals surface area contributed by atoms with Crippen LogP contribution in [-0.4, -0.2) is 23.4 Å². The second-order valence-corrected chi connectivity index (χ2v) is 7.01. The van der Waals surface area contributed by atoms with Crippen molar-refractivity contribution in [2.75, 3.05) is 17.2 Å². The lowest BCUT2D eigenvalue weighted by atomic mass is 9.95. The molecule has 1 atom stereocenters. The van der Waals surface area contributed by atoms with E-state index in [9.17, 15) is 22.8 Å². The molecular weight excluding hydrogens is 383 g/mol. The molecule has 8 heteroatoms. The highest BCUT2D eigenvalue weighted by Gasteiger charge is 2.32. The molecule has 154 valence electrons. The maximum atomic E-state index is 12.8. The number of carbonyl (C=O) groups excluding carboxylic acids is 2. The Balaban J connectivity index is 1.72. The fourth-order valence-electron chi connectivity index (χ4n) is 3.45. The highest BCUT2D eigenvalue weighted by atomic mass is 19.4. The van der Waals surface area contributed by atoms with Gasteiger partial charge in [0.25, 0.3) is 0 Å². The molecule has 1 fully saturated rings. The smallest absolute Gasteiger partial charge is 0.326 e. The van der Waals surface area contributed by atoms with Gasteiger partial charge in [0.2, 0.25) is 5.91 Å². The Kier molecular flexibility index (Phi) is 6.10. The van der Waals surface area contributed by atoms with E-state index < -0.39 is 11.7 Å². The van der Waals surface area contributed by atoms with Crippen molar-refractivity contribution in [3.05, 3.63) is 59.7 Å². The zero-order chi connectivity index (χ0) is 21.0. The van der Waals surface area contributed by atoms with Gasteiger partial charge in [-0.2, -0.15) is 13.2 Å². The van der Waals surface area contributed by atoms with Crippen LogP contribution in [0.2, 0.25) is 0 Å². The summed E-state index contributed by atoms with van der Waals surface area (Å²) in [7, 11) is 0. The summed E-state index contributed by atoms with van der Waals surface area (Å²) >= 11 is 0. The van der Waals surface area contributed by atoms with E-state index in [0.29, 0.717) is 29.9 Å². The monoisotopic (exact) mass is 405 g/mol. The van der Waals surface area contributed by atoms with Gasteiger partial charge in [0.1, 0.15) is 0 Å². The molecule has 2 aromatic carbocycles. The minimum absolute atomic E-state index is 0.186. The predicted molar refractivity (Wildman–Crippen MR) is 105 cm³/mol. The van der Waals surface area contributed by atoms with Crippen molar-refractivity contribution in [2.45, 2.75) is 38.4 Å². The fourth-order valence-corrected chi connectivity index (χ4v) is 3.45. The molecule has 0 aromatic heterocycles. The van der Waals surface area contributed by atoms with Crippen LogP contribution in [0.1, 0.15) is 43.4 Å². The molecule has 0 radical (unpaired) electrons. The zero-order valence-corrected chi connectivity index (χ0v) is 15.9. The molecule has 3 amide bonds. The van der Waals surface area contributed by atoms with E-state index in [1.54, 1.807) is 29.2 Å². The van der Waals surface area contributed by atoms with Gasteiger partial charge in [-0.05, 0) is 61.2 Å². The van der Waals surface area contributed by atoms with E-state index in [2.05, 4.69) is 10.6 Å². The van der Waals surface area contributed by atoms with Gasteiger partial charge in [-0.1, -0.05) is 12.1 Å². The predicted octanol–water partition coefficient (Wildman–Crippen LogP) is 5.42. The van der Waals surface area contributed by atoms with Crippen molar-refractivity contribution in [3.63, 3.8) is 0 Å². The van der Waals surface area contributed by atoms with Gasteiger partial charge in [0.15, 0.2) is 0 Å². The Morgan fingerprint density at radius 3 is 2.07 bits per heavy atom. The molecule has 0 aliphatic carbocycles. The summed E-state index contributed by atoms with van der Waals surface area (Å²) in [5.74, 6) is -0.186. The van der Waals surface area contributed by atoms with Crippen LogP contribution in [0.3, 0.4) is 0 Å². The molecule has 5 nitrogen and oxygen atoms in total. The third-order valence-corrected chi connectivity index (χ3v) is 4.84. The molecule has 0 bridgehead atoms. The number of rotatable bonds is 3. The van der Waals surface area contributed by atoms with Crippen molar-refractivity contribution in [1.82, 2.24) is 4.90 Å². The quantitative estimate of drug-likeness (QED) is 0.716. The summed E-state index contributed by atoms with van der Waals surface area (Å²) in [6.45, 7) is 1.94. The van der Waals surface area contributed by atoms with Gasteiger partial charge in [0.05, 0.1) is 11.6 Å². The number of hydrogen-bond donors (Lipinski definition) is 2. The highest BCUT2D eigenvalue weighted by molar-refractivity contribution is 5.91. The molecule has 0 unspecified atom stereocenters. The molecule has 1 heterocycles. The minimum atomic E-state index is -4.38. The van der Waals surface area contributed by atoms with E-state index in [-0.39, 0.29) is 18.0 Å². The van der Waals surface area contributed by atoms with E-state index >= 15 is 0 Å². The Bertz CT molecular complexity index is 864. The van der Waals surface area contributed by atoms with Crippen LogP contribution in [0.25, 0.3) is 0 Å². The average molecular weight is 405 g/mol. The number of amides is 3. The summed E-state index contributed by atoms with van der Waals surface area (Å²) in [5.41, 5.74) is 1.18. The first-order valence-corrected chi connectivity index (χ1v) is 9.36. The van der Waals surface area contributed by atoms with Crippen LogP contribution in [0.5, 0.6) is 0 Å². The van der Waals surface area contributed by atoms with Crippen LogP contribution in [0.4, 0.5) is 29.3 Å². The van der Waals surface area contributed by atoms with Crippen LogP contribution >= 0.6 is 0 Å². The number of likely N-dealkylation sites (tertiary alicyclic amines) is 1. The topological polar surface area (TPSA) is 61.4 Å². The maximum Gasteiger partial charge on any atom is 0.416 e. The molecule has 0 saturated carbocycles. The Morgan fingerprint density at radius 1 is 0.931 bits per heavy atom. The second-order valence-electron chi connectivity index (χ2n) is 7.01. The first-order valence-electron chi connectivity index (χ1n) is 9.36. The number of piperidine rings is 1. The summed E-state index contributed by atoms with van der Waals surface area (Å²) in [5, 5.41) is 5.47. The van der Waals surface area contributed by atoms with Gasteiger partial charge in [-0.15, -0.1) is 0 Å². The number of alkyl halides is 3. The Hall–Kier alpha value is -3.03. The Morgan fingerprint density at radius 2 is 1.52 bits per heavy atom. The van der Waals surface area contributed by atoms with Gasteiger partial charge >= 0.3 is 12.2 Å². The third-order valence-electron chi connectivity index (χ3n) is 4.84. The lowest BCUT2D eigenvalue weighted by Crippen LogP contribution is -2.41. The second kappa shape index (κ2) is 8.55. The van der Waals surface area contributed by atoms with Crippen molar-refractivity contribution in [1.29, 1.82) is 0 Å². The maximum absolute atomic E-state index is 12.8. The summed E-state index contributed by atoms with van der Waals surface area (Å²) in [6.07, 6.45) is -1.95. The molecular formula is C21H22F3N3O2. The van der Waals surface area contributed by atoms with Crippen LogP contribution in [0.15, 0.2) is 48.5 Å². The molecule has 0 spiro atoms. The fraction of sp³-hybridized carbons (Fsp3) is 0.333. The first-order chi connectivity index (χ1) is 13.7. The minimum Gasteiger partial charge on any atom is -0.326 e. The van der Waals surface area contributed by atoms with Gasteiger partial charge in [0, 0.05) is 24.8 Å². The standard InChI is InChI=1S/C21H22F3N3O2/c1-14(28)25-17-9-11-18(12-10-17)26-20(29)27-13-3-2-4-19(27)15-5-7-16(8-6-15)21(22,23)24/h5-12,19H,2-4,13H2,1H3,(H,25,28)(H,26,29)/t19-/m1/s1. The highest BCUT2D eigenvalue weighted by Crippen LogP contribution is 2.34. The van der Waals surface area contributed by atoms with Crippen LogP contribution in [0, 0.1) is 0 Å². The van der Waals surface area contributed by atoms with Crippen molar-refractivity contribution in [3.8, 4) is 0 Å². The lowest BCUT2D eigenvalue weighted by Gasteiger charge is -2.36. The molecule has 2 aromatic rings. The number of halogens is 3. The average Bonchev–Trinajstić information content (AvgIpc) is 2.68. The van der Waals surface area contributed by atoms with Crippen LogP contribution < -0.4 is 10.6 Å². The van der Waals surface area contributed by atoms with Crippen molar-refractivity contribution in [2.24, 2.45) is 0 Å². The van der Waals surface area contributed by atoms with E-state index in [1.807, 2.05) is 0 Å². The van der Waals surface area contributed by atoms with Crippen molar-refractivity contribution < 1.29 is 22.8 Å². The third kappa shape index (κ3) is 5.28. The van der Waals surface area contributed by atoms with Gasteiger partial charge in [-0.25, -0.2) is 4.79 Å². The Labute approximate surface area is 166 Å². The summed E-state index contributed by atoms with van der Waals surface area (Å²) in [6, 6.07) is 11.2. The van der Waals surface area contributed by atoms with E-state index in [4.69, 9.17) is 0 Å².